The third-order valence-corrected chi connectivity index (χ3v) is 7.59. The maximum Gasteiger partial charge on any atom is 0.338 e. The monoisotopic (exact) mass is 505 g/mol. The summed E-state index contributed by atoms with van der Waals surface area (Å²) < 4.78 is 21.7. The molecule has 10 heteroatoms. The fraction of sp³-hybridized carbons (Fsp3) is 0.269. The molecule has 0 amide bonds. The summed E-state index contributed by atoms with van der Waals surface area (Å²) in [6.07, 6.45) is 5.47. The first-order chi connectivity index (χ1) is 17.3. The third-order valence-electron chi connectivity index (χ3n) is 6.99. The van der Waals surface area contributed by atoms with E-state index in [1.807, 2.05) is 26.0 Å². The number of rotatable bonds is 3. The van der Waals surface area contributed by atoms with Crippen molar-refractivity contribution in [3.63, 3.8) is 0 Å². The van der Waals surface area contributed by atoms with Gasteiger partial charge in [-0.2, -0.15) is 10.2 Å². The van der Waals surface area contributed by atoms with Crippen LogP contribution in [0.5, 0.6) is 0 Å². The zero-order valence-electron chi connectivity index (χ0n) is 20.4. The van der Waals surface area contributed by atoms with Crippen molar-refractivity contribution >= 4 is 22.5 Å². The molecule has 1 N–H and O–H groups in total. The normalized spacial score (nSPS) is 15.6. The predicted molar refractivity (Wildman–Crippen MR) is 137 cm³/mol. The van der Waals surface area contributed by atoms with E-state index in [9.17, 15) is 4.79 Å². The Morgan fingerprint density at radius 3 is 2.61 bits per heavy atom. The summed E-state index contributed by atoms with van der Waals surface area (Å²) in [7, 11) is 1.75. The average molecular weight is 506 g/mol. The molecule has 5 aromatic rings. The van der Waals surface area contributed by atoms with Crippen LogP contribution in [0.4, 0.5) is 4.39 Å². The summed E-state index contributed by atoms with van der Waals surface area (Å²) in [6, 6.07) is 7.29. The molecule has 6 rings (SSSR count). The summed E-state index contributed by atoms with van der Waals surface area (Å²) in [5, 5.41) is 13.6. The van der Waals surface area contributed by atoms with E-state index in [-0.39, 0.29) is 17.4 Å². The zero-order chi connectivity index (χ0) is 25.3. The van der Waals surface area contributed by atoms with Gasteiger partial charge in [0.2, 0.25) is 0 Å². The van der Waals surface area contributed by atoms with E-state index in [4.69, 9.17) is 16.7 Å². The lowest BCUT2D eigenvalue weighted by atomic mass is 10.0. The number of aryl methyl sites for hydroxylation is 3. The van der Waals surface area contributed by atoms with E-state index >= 15 is 4.39 Å². The van der Waals surface area contributed by atoms with Crippen molar-refractivity contribution in [1.29, 1.82) is 0 Å². The molecule has 0 bridgehead atoms. The molecule has 0 aliphatic carbocycles. The smallest absolute Gasteiger partial charge is 0.310 e. The van der Waals surface area contributed by atoms with Crippen LogP contribution >= 0.6 is 11.6 Å². The van der Waals surface area contributed by atoms with Gasteiger partial charge in [0, 0.05) is 49.0 Å². The van der Waals surface area contributed by atoms with Crippen LogP contribution in [0.25, 0.3) is 28.1 Å². The molecule has 3 aromatic heterocycles. The van der Waals surface area contributed by atoms with Crippen LogP contribution in [0.2, 0.25) is 5.02 Å². The Morgan fingerprint density at radius 2 is 1.86 bits per heavy atom. The van der Waals surface area contributed by atoms with Crippen LogP contribution in [0.15, 0.2) is 47.7 Å². The minimum absolute atomic E-state index is 0.00859. The SMILES string of the molecule is Cc1cc(-n2nc3c(c2-n2ccn(-c4ccc5c(cnn5C)c4F)c2=O)[C@H](C)NCC3)cc(C)c1Cl. The van der Waals surface area contributed by atoms with E-state index in [2.05, 4.69) is 17.3 Å². The minimum Gasteiger partial charge on any atom is -0.310 e. The third kappa shape index (κ3) is 3.26. The van der Waals surface area contributed by atoms with Gasteiger partial charge in [-0.1, -0.05) is 11.6 Å². The van der Waals surface area contributed by atoms with Crippen LogP contribution in [0, 0.1) is 19.7 Å². The van der Waals surface area contributed by atoms with E-state index in [1.54, 1.807) is 45.5 Å². The van der Waals surface area contributed by atoms with Crippen molar-refractivity contribution in [1.82, 2.24) is 34.0 Å². The Balaban J connectivity index is 1.59. The molecule has 1 aliphatic heterocycles. The molecule has 0 saturated carbocycles. The number of aromatic nitrogens is 6. The highest BCUT2D eigenvalue weighted by Crippen LogP contribution is 2.32. The predicted octanol–water partition coefficient (Wildman–Crippen LogP) is 4.32. The number of benzene rings is 2. The van der Waals surface area contributed by atoms with Crippen molar-refractivity contribution in [2.24, 2.45) is 7.05 Å². The molecule has 0 spiro atoms. The van der Waals surface area contributed by atoms with E-state index in [0.29, 0.717) is 21.7 Å². The maximum absolute atomic E-state index is 15.4. The highest BCUT2D eigenvalue weighted by atomic mass is 35.5. The Kier molecular flexibility index (Phi) is 5.17. The number of fused-ring (bicyclic) bond motifs is 2. The van der Waals surface area contributed by atoms with Crippen molar-refractivity contribution in [2.75, 3.05) is 6.54 Å². The molecule has 184 valence electrons. The van der Waals surface area contributed by atoms with E-state index in [1.165, 1.54) is 10.8 Å². The summed E-state index contributed by atoms with van der Waals surface area (Å²) >= 11 is 6.43. The first kappa shape index (κ1) is 22.8. The van der Waals surface area contributed by atoms with Gasteiger partial charge in [0.1, 0.15) is 5.82 Å². The molecule has 0 unspecified atom stereocenters. The standard InChI is InChI=1S/C26H25ClFN7O/c1-14-11-17(12-15(2)23(14)27)35-25(22-16(3)29-8-7-19(22)31-35)34-10-9-33(26(34)36)21-6-5-20-18(24(21)28)13-30-32(20)4/h5-6,9-13,16,29H,7-8H2,1-4H3/t16-/m0/s1. The Labute approximate surface area is 211 Å². The van der Waals surface area contributed by atoms with Crippen LogP contribution in [0.3, 0.4) is 0 Å². The molecule has 1 aliphatic rings. The maximum atomic E-state index is 15.4. The van der Waals surface area contributed by atoms with E-state index < -0.39 is 5.82 Å². The fourth-order valence-electron chi connectivity index (χ4n) is 5.15. The number of nitrogens with zero attached hydrogens (tertiary/aromatic N) is 6. The van der Waals surface area contributed by atoms with Gasteiger partial charge in [-0.05, 0) is 56.2 Å². The van der Waals surface area contributed by atoms with Gasteiger partial charge in [-0.15, -0.1) is 0 Å². The van der Waals surface area contributed by atoms with Gasteiger partial charge >= 0.3 is 5.69 Å². The molecule has 0 fully saturated rings. The van der Waals surface area contributed by atoms with E-state index in [0.717, 1.165) is 41.0 Å². The van der Waals surface area contributed by atoms with Gasteiger partial charge in [-0.3, -0.25) is 13.8 Å². The molecular formula is C26H25ClFN7O. The molecule has 8 nitrogen and oxygen atoms in total. The number of halogens is 2. The first-order valence-corrected chi connectivity index (χ1v) is 12.2. The summed E-state index contributed by atoms with van der Waals surface area (Å²) in [6.45, 7) is 6.76. The van der Waals surface area contributed by atoms with Gasteiger partial charge in [0.05, 0.1) is 34.2 Å². The first-order valence-electron chi connectivity index (χ1n) is 11.8. The van der Waals surface area contributed by atoms with Crippen molar-refractivity contribution in [2.45, 2.75) is 33.2 Å². The number of nitrogens with one attached hydrogen (secondary N) is 1. The fourth-order valence-corrected chi connectivity index (χ4v) is 5.26. The summed E-state index contributed by atoms with van der Waals surface area (Å²) in [5.74, 6) is 0.146. The van der Waals surface area contributed by atoms with Crippen LogP contribution in [-0.2, 0) is 13.5 Å². The Morgan fingerprint density at radius 1 is 1.14 bits per heavy atom. The second kappa shape index (κ2) is 8.18. The van der Waals surface area contributed by atoms with Crippen molar-refractivity contribution in [3.8, 4) is 17.2 Å². The van der Waals surface area contributed by atoms with Crippen LogP contribution in [-0.4, -0.2) is 35.2 Å². The van der Waals surface area contributed by atoms with Gasteiger partial charge in [0.25, 0.3) is 0 Å². The average Bonchev–Trinajstić information content (AvgIpc) is 3.53. The van der Waals surface area contributed by atoms with Gasteiger partial charge in [-0.25, -0.2) is 13.9 Å². The van der Waals surface area contributed by atoms with Crippen molar-refractivity contribution in [3.05, 3.63) is 86.6 Å². The molecular weight excluding hydrogens is 481 g/mol. The molecule has 0 saturated heterocycles. The Bertz CT molecular complexity index is 1700. The number of hydrogen-bond acceptors (Lipinski definition) is 4. The van der Waals surface area contributed by atoms with Crippen molar-refractivity contribution < 1.29 is 4.39 Å². The molecule has 1 atom stereocenters. The highest BCUT2D eigenvalue weighted by Gasteiger charge is 2.29. The summed E-state index contributed by atoms with van der Waals surface area (Å²) in [5.41, 5.74) is 4.99. The molecule has 0 radical (unpaired) electrons. The van der Waals surface area contributed by atoms with Gasteiger partial charge in [0.15, 0.2) is 5.82 Å². The quantitative estimate of drug-likeness (QED) is 0.396. The number of hydrogen-bond donors (Lipinski definition) is 1. The topological polar surface area (TPSA) is 74.6 Å². The second-order valence-corrected chi connectivity index (χ2v) is 9.71. The lowest BCUT2D eigenvalue weighted by Crippen LogP contribution is -2.30. The second-order valence-electron chi connectivity index (χ2n) is 9.34. The van der Waals surface area contributed by atoms with Crippen LogP contribution < -0.4 is 11.0 Å². The summed E-state index contributed by atoms with van der Waals surface area (Å²) in [4.78, 5) is 13.8. The van der Waals surface area contributed by atoms with Crippen LogP contribution in [0.1, 0.15) is 35.3 Å². The number of imidazole rings is 1. The largest absolute Gasteiger partial charge is 0.338 e. The zero-order valence-corrected chi connectivity index (χ0v) is 21.1. The highest BCUT2D eigenvalue weighted by molar-refractivity contribution is 6.32. The lowest BCUT2D eigenvalue weighted by Gasteiger charge is -2.21. The molecule has 4 heterocycles. The Hall–Kier alpha value is -3.69. The minimum atomic E-state index is -0.491. The lowest BCUT2D eigenvalue weighted by molar-refractivity contribution is 0.536. The molecule has 36 heavy (non-hydrogen) atoms. The van der Waals surface area contributed by atoms with Gasteiger partial charge < -0.3 is 5.32 Å². The molecule has 2 aromatic carbocycles.